The molecule has 2 aromatic carbocycles. The smallest absolute Gasteiger partial charge is 0.335 e. The van der Waals surface area contributed by atoms with Gasteiger partial charge in [-0.05, 0) is 48.9 Å². The topological polar surface area (TPSA) is 82.0 Å². The molecule has 1 aliphatic rings. The zero-order valence-electron chi connectivity index (χ0n) is 13.9. The van der Waals surface area contributed by atoms with Gasteiger partial charge < -0.3 is 10.4 Å². The van der Waals surface area contributed by atoms with E-state index >= 15 is 0 Å². The van der Waals surface area contributed by atoms with Crippen LogP contribution < -0.4 is 10.3 Å². The van der Waals surface area contributed by atoms with Gasteiger partial charge in [0.25, 0.3) is 5.91 Å². The molecule has 0 spiro atoms. The van der Waals surface area contributed by atoms with Crippen LogP contribution in [0.1, 0.15) is 39.6 Å². The maximum absolute atomic E-state index is 12.2. The van der Waals surface area contributed by atoms with Crippen LogP contribution in [0, 0.1) is 0 Å². The fraction of sp³-hybridized carbons (Fsp3) is 0.211. The first kappa shape index (κ1) is 16.7. The fourth-order valence-electron chi connectivity index (χ4n) is 2.60. The van der Waals surface area contributed by atoms with Gasteiger partial charge in [0.15, 0.2) is 0 Å². The van der Waals surface area contributed by atoms with Crippen LogP contribution in [0.2, 0.25) is 0 Å². The minimum Gasteiger partial charge on any atom is -0.478 e. The first-order valence-electron chi connectivity index (χ1n) is 8.05. The number of nitrogens with zero attached hydrogens (tertiary/aromatic N) is 2. The van der Waals surface area contributed by atoms with Crippen LogP contribution in [0.5, 0.6) is 0 Å². The van der Waals surface area contributed by atoms with E-state index in [0.29, 0.717) is 12.1 Å². The Balaban J connectivity index is 1.58. The Labute approximate surface area is 145 Å². The summed E-state index contributed by atoms with van der Waals surface area (Å²) in [4.78, 5) is 23.1. The van der Waals surface area contributed by atoms with E-state index in [1.807, 2.05) is 24.1 Å². The first-order chi connectivity index (χ1) is 12.0. The number of hydrogen-bond acceptors (Lipinski definition) is 4. The number of carboxylic acids is 1. The maximum atomic E-state index is 12.2. The highest BCUT2D eigenvalue weighted by molar-refractivity contribution is 5.94. The second kappa shape index (κ2) is 7.17. The standard InChI is InChI=1S/C19H19N3O3/c1-13-10-11-22(21-13)17-8-6-15(7-9-17)18(23)20-12-14-2-4-16(5-3-14)19(24)25/h2-9H,10-12H2,1H3,(H,20,23)(H,24,25). The Morgan fingerprint density at radius 3 is 2.28 bits per heavy atom. The molecule has 0 atom stereocenters. The summed E-state index contributed by atoms with van der Waals surface area (Å²) in [7, 11) is 0. The molecule has 2 aromatic rings. The molecule has 0 fully saturated rings. The molecule has 6 nitrogen and oxygen atoms in total. The zero-order valence-corrected chi connectivity index (χ0v) is 13.9. The lowest BCUT2D eigenvalue weighted by atomic mass is 10.1. The van der Waals surface area contributed by atoms with E-state index in [-0.39, 0.29) is 11.5 Å². The van der Waals surface area contributed by atoms with Gasteiger partial charge in [-0.25, -0.2) is 4.79 Å². The number of carbonyl (C=O) groups is 2. The molecular formula is C19H19N3O3. The second-order valence-corrected chi connectivity index (χ2v) is 5.94. The van der Waals surface area contributed by atoms with Crippen molar-refractivity contribution in [1.82, 2.24) is 5.32 Å². The number of benzene rings is 2. The zero-order chi connectivity index (χ0) is 17.8. The molecule has 0 bridgehead atoms. The van der Waals surface area contributed by atoms with Crippen molar-refractivity contribution in [2.24, 2.45) is 5.10 Å². The third-order valence-corrected chi connectivity index (χ3v) is 4.06. The Morgan fingerprint density at radius 1 is 1.08 bits per heavy atom. The Bertz CT molecular complexity index is 811. The molecule has 2 N–H and O–H groups in total. The lowest BCUT2D eigenvalue weighted by molar-refractivity contribution is 0.0696. The number of carbonyl (C=O) groups excluding carboxylic acids is 1. The van der Waals surface area contributed by atoms with Gasteiger partial charge >= 0.3 is 5.97 Å². The monoisotopic (exact) mass is 337 g/mol. The number of aromatic carboxylic acids is 1. The van der Waals surface area contributed by atoms with Crippen molar-refractivity contribution in [3.8, 4) is 0 Å². The van der Waals surface area contributed by atoms with Gasteiger partial charge in [0, 0.05) is 30.8 Å². The lowest BCUT2D eigenvalue weighted by Crippen LogP contribution is -2.23. The molecule has 3 rings (SSSR count). The van der Waals surface area contributed by atoms with Crippen LogP contribution in [0.25, 0.3) is 0 Å². The maximum Gasteiger partial charge on any atom is 0.335 e. The van der Waals surface area contributed by atoms with E-state index in [4.69, 9.17) is 5.11 Å². The summed E-state index contributed by atoms with van der Waals surface area (Å²) < 4.78 is 0. The number of anilines is 1. The Morgan fingerprint density at radius 2 is 1.72 bits per heavy atom. The van der Waals surface area contributed by atoms with E-state index in [1.165, 1.54) is 12.1 Å². The summed E-state index contributed by atoms with van der Waals surface area (Å²) in [5, 5.41) is 18.1. The summed E-state index contributed by atoms with van der Waals surface area (Å²) in [5.41, 5.74) is 3.72. The highest BCUT2D eigenvalue weighted by Crippen LogP contribution is 2.19. The molecule has 0 saturated carbocycles. The van der Waals surface area contributed by atoms with E-state index in [1.54, 1.807) is 24.3 Å². The van der Waals surface area contributed by atoms with Crippen LogP contribution >= 0.6 is 0 Å². The van der Waals surface area contributed by atoms with Crippen molar-refractivity contribution in [1.29, 1.82) is 0 Å². The Hall–Kier alpha value is -3.15. The van der Waals surface area contributed by atoms with E-state index in [9.17, 15) is 9.59 Å². The molecule has 0 radical (unpaired) electrons. The average Bonchev–Trinajstić information content (AvgIpc) is 3.06. The van der Waals surface area contributed by atoms with E-state index < -0.39 is 5.97 Å². The van der Waals surface area contributed by atoms with Crippen LogP contribution in [-0.2, 0) is 6.54 Å². The first-order valence-corrected chi connectivity index (χ1v) is 8.05. The summed E-state index contributed by atoms with van der Waals surface area (Å²) in [5.74, 6) is -1.14. The highest BCUT2D eigenvalue weighted by atomic mass is 16.4. The molecule has 0 aromatic heterocycles. The van der Waals surface area contributed by atoms with Crippen LogP contribution in [0.3, 0.4) is 0 Å². The van der Waals surface area contributed by atoms with Crippen molar-refractivity contribution < 1.29 is 14.7 Å². The number of rotatable bonds is 5. The van der Waals surface area contributed by atoms with Gasteiger partial charge in [-0.2, -0.15) is 5.10 Å². The van der Waals surface area contributed by atoms with Gasteiger partial charge in [0.1, 0.15) is 0 Å². The van der Waals surface area contributed by atoms with Crippen molar-refractivity contribution >= 4 is 23.3 Å². The van der Waals surface area contributed by atoms with Gasteiger partial charge in [0.05, 0.1) is 11.3 Å². The highest BCUT2D eigenvalue weighted by Gasteiger charge is 2.13. The quantitative estimate of drug-likeness (QED) is 0.879. The molecule has 25 heavy (non-hydrogen) atoms. The number of hydrogen-bond donors (Lipinski definition) is 2. The fourth-order valence-corrected chi connectivity index (χ4v) is 2.60. The minimum absolute atomic E-state index is 0.171. The number of nitrogens with one attached hydrogen (secondary N) is 1. The normalized spacial score (nSPS) is 13.5. The van der Waals surface area contributed by atoms with Crippen LogP contribution in [0.15, 0.2) is 53.6 Å². The summed E-state index contributed by atoms with van der Waals surface area (Å²) >= 11 is 0. The van der Waals surface area contributed by atoms with Crippen molar-refractivity contribution in [3.63, 3.8) is 0 Å². The molecule has 128 valence electrons. The van der Waals surface area contributed by atoms with Crippen molar-refractivity contribution in [2.45, 2.75) is 19.9 Å². The van der Waals surface area contributed by atoms with Crippen molar-refractivity contribution in [3.05, 3.63) is 65.2 Å². The summed E-state index contributed by atoms with van der Waals surface area (Å²) in [6.07, 6.45) is 0.961. The third kappa shape index (κ3) is 4.03. The number of hydrazone groups is 1. The average molecular weight is 337 g/mol. The molecule has 0 aliphatic carbocycles. The lowest BCUT2D eigenvalue weighted by Gasteiger charge is -2.14. The van der Waals surface area contributed by atoms with Crippen LogP contribution in [0.4, 0.5) is 5.69 Å². The molecule has 1 amide bonds. The summed E-state index contributed by atoms with van der Waals surface area (Å²) in [6, 6.07) is 13.8. The van der Waals surface area contributed by atoms with Crippen LogP contribution in [-0.4, -0.2) is 29.2 Å². The van der Waals surface area contributed by atoms with Gasteiger partial charge in [-0.3, -0.25) is 9.80 Å². The third-order valence-electron chi connectivity index (χ3n) is 4.06. The van der Waals surface area contributed by atoms with Gasteiger partial charge in [-0.1, -0.05) is 12.1 Å². The summed E-state index contributed by atoms with van der Waals surface area (Å²) in [6.45, 7) is 3.21. The van der Waals surface area contributed by atoms with E-state index in [0.717, 1.165) is 29.9 Å². The predicted octanol–water partition coefficient (Wildman–Crippen LogP) is 2.90. The number of amides is 1. The minimum atomic E-state index is -0.965. The molecule has 1 aliphatic heterocycles. The van der Waals surface area contributed by atoms with E-state index in [2.05, 4.69) is 10.4 Å². The molecular weight excluding hydrogens is 318 g/mol. The SMILES string of the molecule is CC1=NN(c2ccc(C(=O)NCc3ccc(C(=O)O)cc3)cc2)CC1. The largest absolute Gasteiger partial charge is 0.478 e. The van der Waals surface area contributed by atoms with Gasteiger partial charge in [-0.15, -0.1) is 0 Å². The second-order valence-electron chi connectivity index (χ2n) is 5.94. The molecule has 6 heteroatoms. The molecule has 0 unspecified atom stereocenters. The predicted molar refractivity (Wildman–Crippen MR) is 96.1 cm³/mol. The molecule has 0 saturated heterocycles. The van der Waals surface area contributed by atoms with Gasteiger partial charge in [0.2, 0.25) is 0 Å². The van der Waals surface area contributed by atoms with Crippen molar-refractivity contribution in [2.75, 3.05) is 11.6 Å². The Kier molecular flexibility index (Phi) is 4.79. The molecule has 1 heterocycles. The number of carboxylic acid groups (broad SMARTS) is 1.